The summed E-state index contributed by atoms with van der Waals surface area (Å²) in [7, 11) is 1.67. The van der Waals surface area contributed by atoms with Crippen LogP contribution in [0.2, 0.25) is 0 Å². The maximum absolute atomic E-state index is 11.6. The monoisotopic (exact) mass is 211 g/mol. The largest absolute Gasteiger partial charge is 0.396 e. The third-order valence-electron chi connectivity index (χ3n) is 2.21. The van der Waals surface area contributed by atoms with Gasteiger partial charge in [0.05, 0.1) is 0 Å². The molecule has 0 radical (unpaired) electrons. The molecule has 84 valence electrons. The van der Waals surface area contributed by atoms with Crippen molar-refractivity contribution in [3.63, 3.8) is 0 Å². The van der Waals surface area contributed by atoms with Gasteiger partial charge in [-0.3, -0.25) is 4.79 Å². The van der Waals surface area contributed by atoms with Gasteiger partial charge in [0, 0.05) is 31.6 Å². The number of hydrogen-bond donors (Lipinski definition) is 2. The molecular weight excluding hydrogens is 194 g/mol. The zero-order valence-electron chi connectivity index (χ0n) is 9.32. The van der Waals surface area contributed by atoms with Gasteiger partial charge in [0.2, 0.25) is 0 Å². The maximum Gasteiger partial charge on any atom is 0.293 e. The highest BCUT2D eigenvalue weighted by molar-refractivity contribution is 5.34. The first-order chi connectivity index (χ1) is 6.96. The first kappa shape index (κ1) is 11.7. The number of anilines is 1. The van der Waals surface area contributed by atoms with Gasteiger partial charge in [0.15, 0.2) is 5.82 Å². The highest BCUT2D eigenvalue weighted by Crippen LogP contribution is 2.12. The van der Waals surface area contributed by atoms with E-state index < -0.39 is 0 Å². The van der Waals surface area contributed by atoms with E-state index in [1.54, 1.807) is 19.4 Å². The van der Waals surface area contributed by atoms with Crippen LogP contribution in [-0.4, -0.2) is 26.8 Å². The second-order valence-electron chi connectivity index (χ2n) is 4.17. The summed E-state index contributed by atoms with van der Waals surface area (Å²) in [6.45, 7) is 3.90. The van der Waals surface area contributed by atoms with Crippen molar-refractivity contribution in [2.45, 2.75) is 25.8 Å². The van der Waals surface area contributed by atoms with Crippen molar-refractivity contribution in [3.05, 3.63) is 22.7 Å². The van der Waals surface area contributed by atoms with Gasteiger partial charge in [-0.1, -0.05) is 0 Å². The predicted octanol–water partition coefficient (Wildman–Crippen LogP) is 0.353. The summed E-state index contributed by atoms with van der Waals surface area (Å²) in [6.07, 6.45) is 3.73. The Hall–Kier alpha value is -1.36. The van der Waals surface area contributed by atoms with Crippen LogP contribution in [0.5, 0.6) is 0 Å². The van der Waals surface area contributed by atoms with Gasteiger partial charge in [0.1, 0.15) is 0 Å². The van der Waals surface area contributed by atoms with Crippen molar-refractivity contribution in [1.82, 2.24) is 9.55 Å². The average Bonchev–Trinajstić information content (AvgIpc) is 2.12. The van der Waals surface area contributed by atoms with Crippen molar-refractivity contribution in [3.8, 4) is 0 Å². The fourth-order valence-corrected chi connectivity index (χ4v) is 1.25. The summed E-state index contributed by atoms with van der Waals surface area (Å²) in [5.41, 5.74) is -0.501. The van der Waals surface area contributed by atoms with Crippen molar-refractivity contribution in [2.75, 3.05) is 11.9 Å². The summed E-state index contributed by atoms with van der Waals surface area (Å²) < 4.78 is 1.46. The first-order valence-corrected chi connectivity index (χ1v) is 4.87. The van der Waals surface area contributed by atoms with Crippen LogP contribution in [0.4, 0.5) is 5.82 Å². The van der Waals surface area contributed by atoms with Crippen molar-refractivity contribution >= 4 is 5.82 Å². The lowest BCUT2D eigenvalue weighted by atomic mass is 10.0. The number of aryl methyl sites for hydroxylation is 1. The van der Waals surface area contributed by atoms with E-state index in [4.69, 9.17) is 5.11 Å². The molecule has 0 saturated carbocycles. The van der Waals surface area contributed by atoms with Gasteiger partial charge in [-0.05, 0) is 20.3 Å². The lowest BCUT2D eigenvalue weighted by Crippen LogP contribution is -2.36. The van der Waals surface area contributed by atoms with Crippen LogP contribution in [0.25, 0.3) is 0 Å². The molecule has 0 aromatic carbocycles. The highest BCUT2D eigenvalue weighted by atomic mass is 16.3. The number of nitrogens with one attached hydrogen (secondary N) is 1. The van der Waals surface area contributed by atoms with Crippen molar-refractivity contribution in [2.24, 2.45) is 7.05 Å². The molecule has 0 bridgehead atoms. The molecule has 2 N–H and O–H groups in total. The Bertz CT molecular complexity index is 384. The van der Waals surface area contributed by atoms with Crippen LogP contribution >= 0.6 is 0 Å². The molecule has 0 amide bonds. The molecule has 0 aliphatic carbocycles. The number of nitrogens with zero attached hydrogens (tertiary/aromatic N) is 2. The normalized spacial score (nSPS) is 11.5. The number of aliphatic hydroxyl groups is 1. The van der Waals surface area contributed by atoms with Crippen LogP contribution in [0.15, 0.2) is 17.2 Å². The molecule has 0 unspecified atom stereocenters. The Morgan fingerprint density at radius 2 is 2.27 bits per heavy atom. The molecule has 0 aliphatic heterocycles. The lowest BCUT2D eigenvalue weighted by molar-refractivity contribution is 0.260. The minimum absolute atomic E-state index is 0.0765. The van der Waals surface area contributed by atoms with Crippen LogP contribution < -0.4 is 10.9 Å². The fourth-order valence-electron chi connectivity index (χ4n) is 1.25. The Morgan fingerprint density at radius 3 is 2.87 bits per heavy atom. The molecule has 0 saturated heterocycles. The van der Waals surface area contributed by atoms with Crippen LogP contribution in [0, 0.1) is 0 Å². The van der Waals surface area contributed by atoms with E-state index in [0.717, 1.165) is 0 Å². The fraction of sp³-hybridized carbons (Fsp3) is 0.600. The second kappa shape index (κ2) is 4.44. The van der Waals surface area contributed by atoms with Crippen LogP contribution in [0.3, 0.4) is 0 Å². The van der Waals surface area contributed by atoms with Crippen LogP contribution in [-0.2, 0) is 7.05 Å². The topological polar surface area (TPSA) is 67.2 Å². The minimum atomic E-state index is -0.338. The van der Waals surface area contributed by atoms with E-state index >= 15 is 0 Å². The van der Waals surface area contributed by atoms with Gasteiger partial charge in [-0.2, -0.15) is 0 Å². The quantitative estimate of drug-likeness (QED) is 0.754. The number of hydrogen-bond acceptors (Lipinski definition) is 4. The van der Waals surface area contributed by atoms with Gasteiger partial charge < -0.3 is 15.0 Å². The standard InChI is InChI=1S/C10H17N3O2/c1-10(2,4-7-14)12-8-9(15)13(3)6-5-11-8/h5-6,14H,4,7H2,1-3H3,(H,11,12). The third-order valence-corrected chi connectivity index (χ3v) is 2.21. The maximum atomic E-state index is 11.6. The van der Waals surface area contributed by atoms with E-state index in [0.29, 0.717) is 12.2 Å². The van der Waals surface area contributed by atoms with Crippen LogP contribution in [0.1, 0.15) is 20.3 Å². The van der Waals surface area contributed by atoms with E-state index in [1.807, 2.05) is 13.8 Å². The second-order valence-corrected chi connectivity index (χ2v) is 4.17. The van der Waals surface area contributed by atoms with Gasteiger partial charge in [-0.15, -0.1) is 0 Å². The number of aliphatic hydroxyl groups excluding tert-OH is 1. The first-order valence-electron chi connectivity index (χ1n) is 4.87. The molecule has 5 heteroatoms. The molecule has 0 fully saturated rings. The SMILES string of the molecule is Cn1ccnc(NC(C)(C)CCO)c1=O. The number of rotatable bonds is 4. The average molecular weight is 211 g/mol. The molecule has 1 aromatic heterocycles. The molecule has 1 rings (SSSR count). The Kier molecular flexibility index (Phi) is 3.47. The van der Waals surface area contributed by atoms with Gasteiger partial charge in [-0.25, -0.2) is 4.98 Å². The van der Waals surface area contributed by atoms with Crippen molar-refractivity contribution < 1.29 is 5.11 Å². The predicted molar refractivity (Wildman–Crippen MR) is 58.9 cm³/mol. The molecule has 5 nitrogen and oxygen atoms in total. The Morgan fingerprint density at radius 1 is 1.60 bits per heavy atom. The molecule has 0 aliphatic rings. The summed E-state index contributed by atoms with van der Waals surface area (Å²) in [6, 6.07) is 0. The van der Waals surface area contributed by atoms with E-state index in [1.165, 1.54) is 4.57 Å². The van der Waals surface area contributed by atoms with Gasteiger partial charge >= 0.3 is 0 Å². The third kappa shape index (κ3) is 3.06. The molecule has 1 heterocycles. The molecule has 1 aromatic rings. The summed E-state index contributed by atoms with van der Waals surface area (Å²) in [5.74, 6) is 0.318. The number of aromatic nitrogens is 2. The van der Waals surface area contributed by atoms with E-state index in [9.17, 15) is 4.79 Å². The summed E-state index contributed by atoms with van der Waals surface area (Å²) >= 11 is 0. The molecule has 15 heavy (non-hydrogen) atoms. The smallest absolute Gasteiger partial charge is 0.293 e. The van der Waals surface area contributed by atoms with E-state index in [-0.39, 0.29) is 17.7 Å². The Labute approximate surface area is 88.8 Å². The summed E-state index contributed by atoms with van der Waals surface area (Å²) in [4.78, 5) is 15.6. The zero-order chi connectivity index (χ0) is 11.5. The zero-order valence-corrected chi connectivity index (χ0v) is 9.32. The summed E-state index contributed by atoms with van der Waals surface area (Å²) in [5, 5.41) is 11.9. The Balaban J connectivity index is 2.90. The minimum Gasteiger partial charge on any atom is -0.396 e. The highest BCUT2D eigenvalue weighted by Gasteiger charge is 2.18. The van der Waals surface area contributed by atoms with Gasteiger partial charge in [0.25, 0.3) is 5.56 Å². The molecule has 0 spiro atoms. The van der Waals surface area contributed by atoms with E-state index in [2.05, 4.69) is 10.3 Å². The molecular formula is C10H17N3O2. The molecule has 0 atom stereocenters. The lowest BCUT2D eigenvalue weighted by Gasteiger charge is -2.25. The van der Waals surface area contributed by atoms with Crippen molar-refractivity contribution in [1.29, 1.82) is 0 Å².